The van der Waals surface area contributed by atoms with Crippen molar-refractivity contribution in [1.29, 1.82) is 0 Å². The van der Waals surface area contributed by atoms with E-state index in [0.717, 1.165) is 0 Å². The first-order valence-electron chi connectivity index (χ1n) is 11.4. The van der Waals surface area contributed by atoms with Gasteiger partial charge >= 0.3 is 11.3 Å². The van der Waals surface area contributed by atoms with E-state index >= 15 is 0 Å². The third kappa shape index (κ3) is 2.79. The van der Waals surface area contributed by atoms with E-state index in [-0.39, 0.29) is 60.7 Å². The lowest BCUT2D eigenvalue weighted by molar-refractivity contribution is 0.447. The minimum Gasteiger partial charge on any atom is -0.507 e. The molecule has 2 aromatic carbocycles. The molecule has 29 heavy (non-hydrogen) atoms. The fraction of sp³-hybridized carbons (Fsp3) is 0.217. The molecule has 0 aliphatic heterocycles. The van der Waals surface area contributed by atoms with Crippen LogP contribution in [0.15, 0.2) is 42.7 Å². The van der Waals surface area contributed by atoms with Crippen LogP contribution in [0.5, 0.6) is 11.5 Å². The molecule has 2 aromatic heterocycles. The molecule has 0 fully saturated rings. The number of rotatable bonds is 2. The molecular weight excluding hydrogens is 372 g/mol. The van der Waals surface area contributed by atoms with E-state index in [9.17, 15) is 19.8 Å². The van der Waals surface area contributed by atoms with Gasteiger partial charge in [-0.1, -0.05) is 24.3 Å². The van der Waals surface area contributed by atoms with Crippen molar-refractivity contribution < 1.29 is 24.5 Å². The van der Waals surface area contributed by atoms with Crippen molar-refractivity contribution >= 4 is 21.9 Å². The highest BCUT2D eigenvalue weighted by molar-refractivity contribution is 5.91. The molecule has 2 N–H and O–H groups in total. The second-order valence-electron chi connectivity index (χ2n) is 6.79. The molecule has 0 saturated heterocycles. The molecule has 0 unspecified atom stereocenters. The number of hydrogen-bond donors (Lipinski definition) is 2. The van der Waals surface area contributed by atoms with E-state index in [1.165, 1.54) is 0 Å². The van der Waals surface area contributed by atoms with Crippen molar-refractivity contribution in [3.05, 3.63) is 78.5 Å². The first-order chi connectivity index (χ1) is 15.9. The van der Waals surface area contributed by atoms with E-state index in [1.54, 1.807) is 24.3 Å². The zero-order valence-electron chi connectivity index (χ0n) is 19.4. The van der Waals surface area contributed by atoms with Gasteiger partial charge in [-0.2, -0.15) is 0 Å². The Balaban J connectivity index is 2.00. The predicted octanol–water partition coefficient (Wildman–Crippen LogP) is 4.14. The molecule has 0 saturated carbocycles. The smallest absolute Gasteiger partial charge is 0.343 e. The van der Waals surface area contributed by atoms with Crippen LogP contribution >= 0.6 is 0 Å². The molecule has 6 heteroatoms. The van der Waals surface area contributed by atoms with Crippen molar-refractivity contribution in [2.75, 3.05) is 0 Å². The Hall–Kier alpha value is -3.54. The van der Waals surface area contributed by atoms with Gasteiger partial charge in [0.15, 0.2) is 0 Å². The zero-order valence-corrected chi connectivity index (χ0v) is 15.4. The normalized spacial score (nSPS) is 13.2. The molecule has 0 spiro atoms. The van der Waals surface area contributed by atoms with E-state index in [1.807, 2.05) is 0 Å². The molecule has 0 atom stereocenters. The molecule has 2 heterocycles. The Morgan fingerprint density at radius 1 is 0.724 bits per heavy atom. The van der Waals surface area contributed by atoms with Crippen molar-refractivity contribution in [2.45, 2.75) is 34.0 Å². The van der Waals surface area contributed by atoms with Crippen LogP contribution in [0.25, 0.3) is 21.9 Å². The van der Waals surface area contributed by atoms with Crippen LogP contribution in [0.3, 0.4) is 0 Å². The summed E-state index contributed by atoms with van der Waals surface area (Å²) in [6, 6.07) is 6.23. The summed E-state index contributed by atoms with van der Waals surface area (Å²) in [6.07, 6.45) is -0.515. The molecular formula is C23H20O6. The van der Waals surface area contributed by atoms with Crippen molar-refractivity contribution in [3.63, 3.8) is 0 Å². The van der Waals surface area contributed by atoms with Crippen LogP contribution in [0.1, 0.15) is 38.9 Å². The number of benzene rings is 2. The monoisotopic (exact) mass is 396 g/mol. The third-order valence-electron chi connectivity index (χ3n) is 4.93. The average Bonchev–Trinajstić information content (AvgIpc) is 2.81. The largest absolute Gasteiger partial charge is 0.507 e. The summed E-state index contributed by atoms with van der Waals surface area (Å²) in [5.41, 5.74) is -1.02. The van der Waals surface area contributed by atoms with E-state index < -0.39 is 29.2 Å². The number of fused-ring (bicyclic) bond motifs is 2. The van der Waals surface area contributed by atoms with Crippen LogP contribution in [0, 0.1) is 27.6 Å². The van der Waals surface area contributed by atoms with E-state index in [4.69, 9.17) is 14.3 Å². The van der Waals surface area contributed by atoms with E-state index in [2.05, 4.69) is 0 Å². The second-order valence-corrected chi connectivity index (χ2v) is 6.79. The van der Waals surface area contributed by atoms with Crippen LogP contribution in [-0.4, -0.2) is 10.2 Å². The molecule has 0 radical (unpaired) electrons. The Bertz CT molecular complexity index is 1390. The summed E-state index contributed by atoms with van der Waals surface area (Å²) in [5.74, 6) is -0.975. The highest BCUT2D eigenvalue weighted by atomic mass is 16.4. The fourth-order valence-electron chi connectivity index (χ4n) is 3.38. The maximum Gasteiger partial charge on any atom is 0.343 e. The number of aryl methyl sites for hydroxylation is 4. The lowest BCUT2D eigenvalue weighted by Gasteiger charge is -2.12. The van der Waals surface area contributed by atoms with Gasteiger partial charge in [-0.3, -0.25) is 0 Å². The second kappa shape index (κ2) is 6.51. The standard InChI is InChI=1S/C23H20O6/c1-10-5-7-12(3)20-16(10)18(24)14(22(26)28-20)9-15-19(25)17-11(2)6-8-13(4)21(17)29-23(15)27/h5-8,24-25H,9H2,1-4H3/i1D,2D,3D,4D. The average molecular weight is 396 g/mol. The number of aromatic hydroxyl groups is 2. The number of hydrogen-bond acceptors (Lipinski definition) is 6. The Morgan fingerprint density at radius 3 is 1.48 bits per heavy atom. The summed E-state index contributed by atoms with van der Waals surface area (Å²) in [7, 11) is 0. The van der Waals surface area contributed by atoms with Gasteiger partial charge in [-0.25, -0.2) is 9.59 Å². The van der Waals surface area contributed by atoms with Crippen LogP contribution in [-0.2, 0) is 6.42 Å². The highest BCUT2D eigenvalue weighted by Crippen LogP contribution is 2.35. The quantitative estimate of drug-likeness (QED) is 0.494. The third-order valence-corrected chi connectivity index (χ3v) is 4.93. The topological polar surface area (TPSA) is 101 Å². The maximum absolute atomic E-state index is 12.7. The molecule has 4 aromatic rings. The lowest BCUT2D eigenvalue weighted by Crippen LogP contribution is -2.15. The van der Waals surface area contributed by atoms with Gasteiger partial charge in [0.1, 0.15) is 22.7 Å². The SMILES string of the molecule is [2H]Cc1ccc(C[2H])c2c(O)c(Cc3c(O)c4c(C[2H])ccc(C[2H])c4oc3=O)c(=O)oc12. The Morgan fingerprint density at radius 2 is 1.10 bits per heavy atom. The molecule has 6 nitrogen and oxygen atoms in total. The molecule has 0 bridgehead atoms. The summed E-state index contributed by atoms with van der Waals surface area (Å²) in [6.45, 7) is -0.858. The molecule has 148 valence electrons. The molecule has 4 rings (SSSR count). The van der Waals surface area contributed by atoms with Crippen LogP contribution in [0.4, 0.5) is 0 Å². The maximum atomic E-state index is 12.7. The summed E-state index contributed by atoms with van der Waals surface area (Å²) in [5, 5.41) is 22.1. The molecule has 0 aliphatic carbocycles. The van der Waals surface area contributed by atoms with Crippen LogP contribution in [0.2, 0.25) is 0 Å². The van der Waals surface area contributed by atoms with Crippen molar-refractivity contribution in [2.24, 2.45) is 0 Å². The lowest BCUT2D eigenvalue weighted by atomic mass is 9.98. The predicted molar refractivity (Wildman–Crippen MR) is 110 cm³/mol. The summed E-state index contributed by atoms with van der Waals surface area (Å²) < 4.78 is 41.4. The van der Waals surface area contributed by atoms with E-state index in [0.29, 0.717) is 22.3 Å². The Kier molecular flexibility index (Phi) is 3.25. The first-order valence-corrected chi connectivity index (χ1v) is 8.61. The van der Waals surface area contributed by atoms with Gasteiger partial charge in [0, 0.05) is 11.9 Å². The summed E-state index contributed by atoms with van der Waals surface area (Å²) >= 11 is 0. The van der Waals surface area contributed by atoms with Gasteiger partial charge in [0.05, 0.1) is 21.9 Å². The van der Waals surface area contributed by atoms with Gasteiger partial charge in [0.2, 0.25) is 0 Å². The van der Waals surface area contributed by atoms with Gasteiger partial charge < -0.3 is 19.0 Å². The fourth-order valence-corrected chi connectivity index (χ4v) is 3.38. The minimum atomic E-state index is -0.948. The van der Waals surface area contributed by atoms with Gasteiger partial charge in [-0.15, -0.1) is 0 Å². The van der Waals surface area contributed by atoms with Gasteiger partial charge in [0.25, 0.3) is 0 Å². The molecule has 0 amide bonds. The zero-order chi connectivity index (χ0) is 23.9. The molecule has 0 aliphatic rings. The van der Waals surface area contributed by atoms with Crippen LogP contribution < -0.4 is 11.3 Å². The first kappa shape index (κ1) is 14.5. The minimum absolute atomic E-state index is 0.00680. The summed E-state index contributed by atoms with van der Waals surface area (Å²) in [4.78, 5) is 25.5. The Labute approximate surface area is 171 Å². The van der Waals surface area contributed by atoms with Crippen molar-refractivity contribution in [1.82, 2.24) is 0 Å². The van der Waals surface area contributed by atoms with Crippen molar-refractivity contribution in [3.8, 4) is 11.5 Å². The highest BCUT2D eigenvalue weighted by Gasteiger charge is 2.23. The van der Waals surface area contributed by atoms with Gasteiger partial charge in [-0.05, 0) is 49.9 Å².